The lowest BCUT2D eigenvalue weighted by Gasteiger charge is -1.89. The Morgan fingerprint density at radius 2 is 2.30 bits per heavy atom. The summed E-state index contributed by atoms with van der Waals surface area (Å²) in [5.74, 6) is -0.753. The van der Waals surface area contributed by atoms with Crippen LogP contribution in [-0.2, 0) is 0 Å². The van der Waals surface area contributed by atoms with E-state index in [4.69, 9.17) is 0 Å². The Labute approximate surface area is 59.5 Å². The second-order valence-corrected chi connectivity index (χ2v) is 1.89. The molecule has 0 saturated carbocycles. The van der Waals surface area contributed by atoms with Gasteiger partial charge in [0.1, 0.15) is 6.17 Å². The van der Waals surface area contributed by atoms with Crippen molar-refractivity contribution in [2.75, 3.05) is 0 Å². The van der Waals surface area contributed by atoms with Gasteiger partial charge in [0.2, 0.25) is 5.95 Å². The molecule has 0 spiro atoms. The predicted octanol–water partition coefficient (Wildman–Crippen LogP) is 2.64. The molecule has 3 heteroatoms. The molecular weight excluding hydrogens is 136 g/mol. The first-order chi connectivity index (χ1) is 4.66. The zero-order chi connectivity index (χ0) is 7.98. The molecule has 0 aliphatic carbocycles. The highest BCUT2D eigenvalue weighted by molar-refractivity contribution is 5.57. The van der Waals surface area contributed by atoms with Gasteiger partial charge in [-0.1, -0.05) is 6.92 Å². The van der Waals surface area contributed by atoms with Gasteiger partial charge in [-0.05, 0) is 13.3 Å². The van der Waals surface area contributed by atoms with Gasteiger partial charge in [0.25, 0.3) is 0 Å². The second-order valence-electron chi connectivity index (χ2n) is 1.89. The van der Waals surface area contributed by atoms with E-state index in [2.05, 4.69) is 4.99 Å². The fourth-order valence-electron chi connectivity index (χ4n) is 0.411. The average molecular weight is 147 g/mol. The highest BCUT2D eigenvalue weighted by Crippen LogP contribution is 2.01. The first-order valence-electron chi connectivity index (χ1n) is 3.20. The summed E-state index contributed by atoms with van der Waals surface area (Å²) in [5.41, 5.74) is 0. The summed E-state index contributed by atoms with van der Waals surface area (Å²) >= 11 is 0. The Morgan fingerprint density at radius 1 is 1.70 bits per heavy atom. The number of alkyl halides is 1. The van der Waals surface area contributed by atoms with Crippen LogP contribution in [0.2, 0.25) is 0 Å². The Morgan fingerprint density at radius 3 is 2.70 bits per heavy atom. The zero-order valence-electron chi connectivity index (χ0n) is 6.14. The maximum Gasteiger partial charge on any atom is 0.211 e. The Bertz CT molecular complexity index is 139. The van der Waals surface area contributed by atoms with Crippen LogP contribution in [0.1, 0.15) is 20.3 Å². The number of rotatable bonds is 3. The summed E-state index contributed by atoms with van der Waals surface area (Å²) in [6.45, 7) is 3.08. The van der Waals surface area contributed by atoms with Crippen LogP contribution < -0.4 is 0 Å². The highest BCUT2D eigenvalue weighted by Gasteiger charge is 1.94. The standard InChI is InChI=1S/C7H11F2N/c1-3-4-10-7(9)5-6(2)8/h4-6H,3H2,1-2H3/b7-5-,10-4?. The van der Waals surface area contributed by atoms with Crippen LogP contribution >= 0.6 is 0 Å². The SMILES string of the molecule is CCC=N/C(F)=C\C(C)F. The average Bonchev–Trinajstić information content (AvgIpc) is 1.82. The van der Waals surface area contributed by atoms with Gasteiger partial charge >= 0.3 is 0 Å². The first-order valence-corrected chi connectivity index (χ1v) is 3.20. The normalized spacial score (nSPS) is 16.2. The number of aliphatic imine (C=N–C) groups is 1. The first kappa shape index (κ1) is 9.27. The molecule has 0 N–H and O–H groups in total. The fourth-order valence-corrected chi connectivity index (χ4v) is 0.411. The van der Waals surface area contributed by atoms with E-state index in [9.17, 15) is 8.78 Å². The molecule has 0 rings (SSSR count). The summed E-state index contributed by atoms with van der Waals surface area (Å²) in [4.78, 5) is 3.31. The molecule has 0 aromatic carbocycles. The van der Waals surface area contributed by atoms with Crippen molar-refractivity contribution in [1.82, 2.24) is 0 Å². The van der Waals surface area contributed by atoms with Crippen molar-refractivity contribution in [1.29, 1.82) is 0 Å². The van der Waals surface area contributed by atoms with Crippen molar-refractivity contribution in [2.45, 2.75) is 26.4 Å². The predicted molar refractivity (Wildman–Crippen MR) is 38.5 cm³/mol. The Kier molecular flexibility index (Phi) is 4.72. The summed E-state index contributed by atoms with van der Waals surface area (Å²) in [6, 6.07) is 0. The minimum atomic E-state index is -1.27. The van der Waals surface area contributed by atoms with Crippen molar-refractivity contribution in [3.63, 3.8) is 0 Å². The number of allylic oxidation sites excluding steroid dienone is 1. The molecule has 0 saturated heterocycles. The molecule has 0 amide bonds. The molecule has 0 aliphatic rings. The zero-order valence-corrected chi connectivity index (χ0v) is 6.14. The van der Waals surface area contributed by atoms with E-state index in [1.807, 2.05) is 6.92 Å². The monoisotopic (exact) mass is 147 g/mol. The van der Waals surface area contributed by atoms with Crippen molar-refractivity contribution in [3.8, 4) is 0 Å². The van der Waals surface area contributed by atoms with Gasteiger partial charge in [0.05, 0.1) is 0 Å². The minimum Gasteiger partial charge on any atom is -0.243 e. The number of hydrogen-bond acceptors (Lipinski definition) is 1. The number of nitrogens with zero attached hydrogens (tertiary/aromatic N) is 1. The summed E-state index contributed by atoms with van der Waals surface area (Å²) in [7, 11) is 0. The summed E-state index contributed by atoms with van der Waals surface area (Å²) in [5, 5.41) is 0. The number of hydrogen-bond donors (Lipinski definition) is 0. The maximum absolute atomic E-state index is 12.3. The molecule has 1 unspecified atom stereocenters. The molecule has 0 heterocycles. The lowest BCUT2D eigenvalue weighted by atomic mass is 10.4. The van der Waals surface area contributed by atoms with E-state index >= 15 is 0 Å². The largest absolute Gasteiger partial charge is 0.243 e. The smallest absolute Gasteiger partial charge is 0.211 e. The van der Waals surface area contributed by atoms with Crippen LogP contribution in [0.4, 0.5) is 8.78 Å². The van der Waals surface area contributed by atoms with Crippen LogP contribution in [0.5, 0.6) is 0 Å². The van der Waals surface area contributed by atoms with E-state index in [1.54, 1.807) is 0 Å². The molecule has 0 aromatic rings. The van der Waals surface area contributed by atoms with Crippen molar-refractivity contribution < 1.29 is 8.78 Å². The van der Waals surface area contributed by atoms with Gasteiger partial charge in [0.15, 0.2) is 0 Å². The Hall–Kier alpha value is -0.730. The third-order valence-electron chi connectivity index (χ3n) is 0.764. The topological polar surface area (TPSA) is 12.4 Å². The Balaban J connectivity index is 3.82. The van der Waals surface area contributed by atoms with Gasteiger partial charge in [-0.2, -0.15) is 4.39 Å². The molecule has 0 fully saturated rings. The van der Waals surface area contributed by atoms with Crippen LogP contribution in [-0.4, -0.2) is 12.4 Å². The van der Waals surface area contributed by atoms with Gasteiger partial charge in [-0.15, -0.1) is 0 Å². The van der Waals surface area contributed by atoms with Crippen LogP contribution in [0.25, 0.3) is 0 Å². The fraction of sp³-hybridized carbons (Fsp3) is 0.571. The molecule has 1 atom stereocenters. The maximum atomic E-state index is 12.3. The van der Waals surface area contributed by atoms with E-state index in [0.717, 1.165) is 6.08 Å². The van der Waals surface area contributed by atoms with Crippen LogP contribution in [0.15, 0.2) is 17.0 Å². The number of halogens is 2. The quantitative estimate of drug-likeness (QED) is 0.430. The second kappa shape index (κ2) is 5.09. The van der Waals surface area contributed by atoms with E-state index in [0.29, 0.717) is 6.42 Å². The highest BCUT2D eigenvalue weighted by atomic mass is 19.1. The minimum absolute atomic E-state index is 0.655. The van der Waals surface area contributed by atoms with E-state index in [-0.39, 0.29) is 0 Å². The molecule has 0 aromatic heterocycles. The van der Waals surface area contributed by atoms with Crippen LogP contribution in [0, 0.1) is 0 Å². The molecule has 0 radical (unpaired) electrons. The van der Waals surface area contributed by atoms with Gasteiger partial charge in [0, 0.05) is 12.3 Å². The van der Waals surface area contributed by atoms with Gasteiger partial charge < -0.3 is 0 Å². The molecule has 10 heavy (non-hydrogen) atoms. The van der Waals surface area contributed by atoms with Crippen molar-refractivity contribution >= 4 is 6.21 Å². The van der Waals surface area contributed by atoms with Crippen LogP contribution in [0.3, 0.4) is 0 Å². The molecule has 1 nitrogen and oxygen atoms in total. The summed E-state index contributed by atoms with van der Waals surface area (Å²) < 4.78 is 24.3. The molecule has 0 bridgehead atoms. The van der Waals surface area contributed by atoms with E-state index in [1.165, 1.54) is 13.1 Å². The van der Waals surface area contributed by atoms with Crippen molar-refractivity contribution in [3.05, 3.63) is 12.0 Å². The lowest BCUT2D eigenvalue weighted by Crippen LogP contribution is -1.85. The van der Waals surface area contributed by atoms with Crippen molar-refractivity contribution in [2.24, 2.45) is 4.99 Å². The molecular formula is C7H11F2N. The third-order valence-corrected chi connectivity index (χ3v) is 0.764. The molecule has 58 valence electrons. The summed E-state index contributed by atoms with van der Waals surface area (Å²) in [6.07, 6.45) is 1.61. The van der Waals surface area contributed by atoms with Gasteiger partial charge in [-0.25, -0.2) is 9.38 Å². The molecule has 0 aliphatic heterocycles. The third kappa shape index (κ3) is 5.41. The lowest BCUT2D eigenvalue weighted by molar-refractivity contribution is 0.421. The van der Waals surface area contributed by atoms with E-state index < -0.39 is 12.1 Å². The van der Waals surface area contributed by atoms with Gasteiger partial charge in [-0.3, -0.25) is 0 Å².